The summed E-state index contributed by atoms with van der Waals surface area (Å²) in [5.74, 6) is -3.43. The number of amides is 3. The molecule has 0 radical (unpaired) electrons. The van der Waals surface area contributed by atoms with Gasteiger partial charge in [0.1, 0.15) is 24.2 Å². The van der Waals surface area contributed by atoms with Crippen molar-refractivity contribution in [2.45, 2.75) is 76.9 Å². The van der Waals surface area contributed by atoms with Crippen molar-refractivity contribution in [3.63, 3.8) is 0 Å². The van der Waals surface area contributed by atoms with Crippen molar-refractivity contribution in [3.8, 4) is 0 Å². The van der Waals surface area contributed by atoms with E-state index in [1.54, 1.807) is 13.8 Å². The van der Waals surface area contributed by atoms with Crippen LogP contribution in [0.5, 0.6) is 0 Å². The zero-order chi connectivity index (χ0) is 24.3. The third-order valence-corrected chi connectivity index (χ3v) is 5.55. The molecule has 0 heterocycles. The molecule has 0 saturated carbocycles. The summed E-state index contributed by atoms with van der Waals surface area (Å²) in [6, 6.07) is -4.93. The van der Waals surface area contributed by atoms with Crippen LogP contribution in [0.25, 0.3) is 0 Å². The molecule has 0 bridgehead atoms. The van der Waals surface area contributed by atoms with E-state index in [-0.39, 0.29) is 12.3 Å². The van der Waals surface area contributed by atoms with Crippen LogP contribution < -0.4 is 21.7 Å². The van der Waals surface area contributed by atoms with Crippen LogP contribution in [0.1, 0.15) is 40.5 Å². The average molecular weight is 465 g/mol. The van der Waals surface area contributed by atoms with E-state index in [1.165, 1.54) is 25.6 Å². The topological polar surface area (TPSA) is 191 Å². The highest BCUT2D eigenvalue weighted by molar-refractivity contribution is 7.98. The molecule has 31 heavy (non-hydrogen) atoms. The molecule has 0 saturated heterocycles. The summed E-state index contributed by atoms with van der Waals surface area (Å²) < 4.78 is 0. The molecule has 11 nitrogen and oxygen atoms in total. The smallest absolute Gasteiger partial charge is 0.326 e. The molecule has 0 aliphatic rings. The Balaban J connectivity index is 5.43. The summed E-state index contributed by atoms with van der Waals surface area (Å²) in [6.07, 6.45) is 0.0608. The molecular formula is C19H36N4O7S. The second-order valence-electron chi connectivity index (χ2n) is 7.55. The molecule has 180 valence electrons. The van der Waals surface area contributed by atoms with E-state index in [1.807, 2.05) is 6.26 Å². The van der Waals surface area contributed by atoms with Crippen molar-refractivity contribution in [1.29, 1.82) is 0 Å². The van der Waals surface area contributed by atoms with Crippen LogP contribution in [0.15, 0.2) is 0 Å². The van der Waals surface area contributed by atoms with Gasteiger partial charge in [-0.05, 0) is 38.2 Å². The molecule has 7 unspecified atom stereocenters. The number of hydrogen-bond acceptors (Lipinski definition) is 8. The maximum Gasteiger partial charge on any atom is 0.326 e. The van der Waals surface area contributed by atoms with E-state index in [4.69, 9.17) is 5.73 Å². The number of carboxylic acids is 1. The molecule has 0 spiro atoms. The maximum atomic E-state index is 12.8. The van der Waals surface area contributed by atoms with Gasteiger partial charge in [-0.2, -0.15) is 11.8 Å². The standard InChI is InChI=1S/C19H36N4O7S/c1-6-9(2)14(19(29)30)22-18(28)15(11(4)25)23-16(26)12(7-8-31-5)21-17(27)13(20)10(3)24/h9-15,24-25H,6-8,20H2,1-5H3,(H,21,27)(H,22,28)(H,23,26)(H,29,30). The fraction of sp³-hybridized carbons (Fsp3) is 0.789. The van der Waals surface area contributed by atoms with E-state index in [0.717, 1.165) is 0 Å². The molecule has 0 aromatic heterocycles. The van der Waals surface area contributed by atoms with E-state index in [9.17, 15) is 34.5 Å². The quantitative estimate of drug-likeness (QED) is 0.159. The van der Waals surface area contributed by atoms with Crippen LogP contribution in [-0.2, 0) is 19.2 Å². The zero-order valence-electron chi connectivity index (χ0n) is 18.6. The second-order valence-corrected chi connectivity index (χ2v) is 8.53. The van der Waals surface area contributed by atoms with E-state index < -0.39 is 60.1 Å². The summed E-state index contributed by atoms with van der Waals surface area (Å²) in [5.41, 5.74) is 5.60. The minimum absolute atomic E-state index is 0.212. The first kappa shape index (κ1) is 29.1. The Morgan fingerprint density at radius 2 is 1.45 bits per heavy atom. The molecule has 0 fully saturated rings. The maximum absolute atomic E-state index is 12.8. The number of aliphatic hydroxyl groups excluding tert-OH is 2. The lowest BCUT2D eigenvalue weighted by atomic mass is 9.98. The highest BCUT2D eigenvalue weighted by Gasteiger charge is 2.34. The third-order valence-electron chi connectivity index (χ3n) is 4.91. The number of nitrogens with two attached hydrogens (primary N) is 1. The minimum Gasteiger partial charge on any atom is -0.480 e. The van der Waals surface area contributed by atoms with Gasteiger partial charge in [0.05, 0.1) is 12.2 Å². The number of aliphatic hydroxyl groups is 2. The molecule has 0 aliphatic heterocycles. The lowest BCUT2D eigenvalue weighted by molar-refractivity contribution is -0.144. The molecule has 0 aliphatic carbocycles. The predicted octanol–water partition coefficient (Wildman–Crippen LogP) is -1.59. The van der Waals surface area contributed by atoms with Gasteiger partial charge < -0.3 is 37.0 Å². The predicted molar refractivity (Wildman–Crippen MR) is 117 cm³/mol. The van der Waals surface area contributed by atoms with Crippen molar-refractivity contribution < 1.29 is 34.5 Å². The SMILES string of the molecule is CCC(C)C(NC(=O)C(NC(=O)C(CCSC)NC(=O)C(N)C(C)O)C(C)O)C(=O)O. The van der Waals surface area contributed by atoms with Gasteiger partial charge in [0.15, 0.2) is 0 Å². The van der Waals surface area contributed by atoms with Crippen LogP contribution in [0.4, 0.5) is 0 Å². The van der Waals surface area contributed by atoms with Gasteiger partial charge >= 0.3 is 5.97 Å². The van der Waals surface area contributed by atoms with Crippen LogP contribution in [0.2, 0.25) is 0 Å². The van der Waals surface area contributed by atoms with E-state index >= 15 is 0 Å². The fourth-order valence-corrected chi connectivity index (χ4v) is 3.05. The van der Waals surface area contributed by atoms with Crippen molar-refractivity contribution in [2.24, 2.45) is 11.7 Å². The lowest BCUT2D eigenvalue weighted by Gasteiger charge is -2.28. The number of nitrogens with one attached hydrogen (secondary N) is 3. The Hall–Kier alpha value is -1.89. The Morgan fingerprint density at radius 1 is 0.903 bits per heavy atom. The summed E-state index contributed by atoms with van der Waals surface area (Å²) >= 11 is 1.43. The Morgan fingerprint density at radius 3 is 1.87 bits per heavy atom. The van der Waals surface area contributed by atoms with Gasteiger partial charge in [-0.15, -0.1) is 0 Å². The number of rotatable bonds is 14. The monoisotopic (exact) mass is 464 g/mol. The Kier molecular flexibility index (Phi) is 13.4. The summed E-state index contributed by atoms with van der Waals surface area (Å²) in [4.78, 5) is 49.0. The van der Waals surface area contributed by atoms with Gasteiger partial charge in [0, 0.05) is 0 Å². The van der Waals surface area contributed by atoms with Crippen molar-refractivity contribution >= 4 is 35.5 Å². The van der Waals surface area contributed by atoms with E-state index in [2.05, 4.69) is 16.0 Å². The van der Waals surface area contributed by atoms with Crippen LogP contribution >= 0.6 is 11.8 Å². The largest absolute Gasteiger partial charge is 0.480 e. The van der Waals surface area contributed by atoms with Crippen molar-refractivity contribution in [2.75, 3.05) is 12.0 Å². The second kappa shape index (κ2) is 14.2. The van der Waals surface area contributed by atoms with Gasteiger partial charge in [0.25, 0.3) is 0 Å². The molecular weight excluding hydrogens is 428 g/mol. The Bertz CT molecular complexity index is 618. The number of carboxylic acid groups (broad SMARTS) is 1. The molecule has 12 heteroatoms. The van der Waals surface area contributed by atoms with Gasteiger partial charge in [-0.25, -0.2) is 4.79 Å². The summed E-state index contributed by atoms with van der Waals surface area (Å²) in [6.45, 7) is 6.06. The fourth-order valence-electron chi connectivity index (χ4n) is 2.58. The zero-order valence-corrected chi connectivity index (χ0v) is 19.4. The first-order chi connectivity index (χ1) is 14.4. The third kappa shape index (κ3) is 9.85. The van der Waals surface area contributed by atoms with Crippen LogP contribution in [-0.4, -0.2) is 87.4 Å². The molecule has 3 amide bonds. The number of thioether (sulfide) groups is 1. The highest BCUT2D eigenvalue weighted by atomic mass is 32.2. The number of carbonyl (C=O) groups excluding carboxylic acids is 3. The van der Waals surface area contributed by atoms with Crippen LogP contribution in [0, 0.1) is 5.92 Å². The minimum atomic E-state index is -1.43. The number of aliphatic carboxylic acids is 1. The molecule has 7 atom stereocenters. The molecule has 0 rings (SSSR count). The van der Waals surface area contributed by atoms with E-state index in [0.29, 0.717) is 12.2 Å². The highest BCUT2D eigenvalue weighted by Crippen LogP contribution is 2.09. The molecule has 0 aromatic carbocycles. The number of carbonyl (C=O) groups is 4. The normalized spacial score (nSPS) is 17.9. The lowest BCUT2D eigenvalue weighted by Crippen LogP contribution is -2.61. The molecule has 0 aromatic rings. The van der Waals surface area contributed by atoms with Gasteiger partial charge in [-0.1, -0.05) is 20.3 Å². The van der Waals surface area contributed by atoms with Gasteiger partial charge in [-0.3, -0.25) is 14.4 Å². The van der Waals surface area contributed by atoms with Crippen molar-refractivity contribution in [3.05, 3.63) is 0 Å². The average Bonchev–Trinajstić information content (AvgIpc) is 2.70. The molecule has 8 N–H and O–H groups in total. The van der Waals surface area contributed by atoms with Gasteiger partial charge in [0.2, 0.25) is 17.7 Å². The van der Waals surface area contributed by atoms with Crippen molar-refractivity contribution in [1.82, 2.24) is 16.0 Å². The first-order valence-corrected chi connectivity index (χ1v) is 11.5. The summed E-state index contributed by atoms with van der Waals surface area (Å²) in [7, 11) is 0. The Labute approximate surface area is 186 Å². The number of hydrogen-bond donors (Lipinski definition) is 7. The summed E-state index contributed by atoms with van der Waals surface area (Å²) in [5, 5.41) is 36.0. The van der Waals surface area contributed by atoms with Crippen LogP contribution in [0.3, 0.4) is 0 Å². The first-order valence-electron chi connectivity index (χ1n) is 10.1.